The van der Waals surface area contributed by atoms with E-state index in [0.717, 1.165) is 43.4 Å². The quantitative estimate of drug-likeness (QED) is 0.756. The van der Waals surface area contributed by atoms with E-state index in [2.05, 4.69) is 29.8 Å². The molecule has 0 saturated carbocycles. The summed E-state index contributed by atoms with van der Waals surface area (Å²) < 4.78 is 44.3. The minimum Gasteiger partial charge on any atom is -0.436 e. The Kier molecular flexibility index (Phi) is 3.90. The maximum atomic E-state index is 12.9. The Balaban J connectivity index is 1.67. The Bertz CT molecular complexity index is 824. The Hall–Kier alpha value is -1.82. The van der Waals surface area contributed by atoms with Crippen LogP contribution in [0.4, 0.5) is 13.2 Å². The molecule has 3 unspecified atom stereocenters. The molecule has 6 heteroatoms. The van der Waals surface area contributed by atoms with Gasteiger partial charge in [0.05, 0.1) is 5.56 Å². The second kappa shape index (κ2) is 5.87. The monoisotopic (exact) mass is 350 g/mol. The van der Waals surface area contributed by atoms with Crippen LogP contribution < -0.4 is 0 Å². The summed E-state index contributed by atoms with van der Waals surface area (Å²) in [6.45, 7) is 4.45. The Morgan fingerprint density at radius 3 is 2.80 bits per heavy atom. The molecule has 0 radical (unpaired) electrons. The molecule has 1 aromatic heterocycles. The Labute approximate surface area is 144 Å². The fourth-order valence-electron chi connectivity index (χ4n) is 4.16. The molecule has 1 fully saturated rings. The number of halogens is 3. The van der Waals surface area contributed by atoms with Crippen molar-refractivity contribution in [2.75, 3.05) is 0 Å². The van der Waals surface area contributed by atoms with Crippen LogP contribution in [0.15, 0.2) is 28.7 Å². The van der Waals surface area contributed by atoms with Crippen molar-refractivity contribution in [1.29, 1.82) is 0 Å². The van der Waals surface area contributed by atoms with E-state index in [-0.39, 0.29) is 5.58 Å². The lowest BCUT2D eigenvalue weighted by Crippen LogP contribution is -2.44. The van der Waals surface area contributed by atoms with Crippen molar-refractivity contribution in [3.63, 3.8) is 0 Å². The zero-order valence-electron chi connectivity index (χ0n) is 14.3. The molecular weight excluding hydrogens is 329 g/mol. The van der Waals surface area contributed by atoms with Crippen LogP contribution in [0.2, 0.25) is 0 Å². The molecule has 2 aliphatic rings. The van der Waals surface area contributed by atoms with Gasteiger partial charge in [-0.3, -0.25) is 4.90 Å². The van der Waals surface area contributed by atoms with E-state index in [1.807, 2.05) is 0 Å². The van der Waals surface area contributed by atoms with Gasteiger partial charge >= 0.3 is 6.18 Å². The molecule has 2 aliphatic heterocycles. The largest absolute Gasteiger partial charge is 0.436 e. The fourth-order valence-corrected chi connectivity index (χ4v) is 4.16. The minimum atomic E-state index is -4.37. The van der Waals surface area contributed by atoms with Gasteiger partial charge in [0.25, 0.3) is 0 Å². The molecule has 2 aromatic rings. The van der Waals surface area contributed by atoms with Gasteiger partial charge in [-0.15, -0.1) is 0 Å². The number of rotatable bonds is 3. The van der Waals surface area contributed by atoms with Crippen molar-refractivity contribution in [2.24, 2.45) is 0 Å². The highest BCUT2D eigenvalue weighted by Gasteiger charge is 2.39. The highest BCUT2D eigenvalue weighted by atomic mass is 19.4. The zero-order chi connectivity index (χ0) is 17.8. The average Bonchev–Trinajstić information content (AvgIpc) is 3.11. The average molecular weight is 350 g/mol. The first-order chi connectivity index (χ1) is 11.9. The molecule has 1 aromatic carbocycles. The van der Waals surface area contributed by atoms with Gasteiger partial charge in [0.2, 0.25) is 5.89 Å². The summed E-state index contributed by atoms with van der Waals surface area (Å²) >= 11 is 0. The zero-order valence-corrected chi connectivity index (χ0v) is 14.3. The first-order valence-corrected chi connectivity index (χ1v) is 8.83. The third-order valence-corrected chi connectivity index (χ3v) is 5.54. The molecule has 0 N–H and O–H groups in total. The second-order valence-electron chi connectivity index (χ2n) is 7.10. The number of nitrogens with zero attached hydrogens (tertiary/aromatic N) is 2. The van der Waals surface area contributed by atoms with E-state index >= 15 is 0 Å². The predicted molar refractivity (Wildman–Crippen MR) is 90.0 cm³/mol. The van der Waals surface area contributed by atoms with Crippen LogP contribution in [0.1, 0.15) is 51.0 Å². The van der Waals surface area contributed by atoms with Crippen molar-refractivity contribution < 1.29 is 17.6 Å². The molecule has 3 atom stereocenters. The number of benzene rings is 1. The number of hydrogen-bond acceptors (Lipinski definition) is 3. The molecule has 0 amide bonds. The SMILES string of the molecule is CCC(C)N1C2C=C(c3nc4ccc(C(F)(F)F)cc4o3)CC1CC2. The molecule has 25 heavy (non-hydrogen) atoms. The molecule has 4 rings (SSSR count). The van der Waals surface area contributed by atoms with E-state index in [9.17, 15) is 13.2 Å². The Morgan fingerprint density at radius 2 is 2.12 bits per heavy atom. The van der Waals surface area contributed by atoms with Crippen LogP contribution in [-0.4, -0.2) is 28.0 Å². The Morgan fingerprint density at radius 1 is 1.32 bits per heavy atom. The summed E-state index contributed by atoms with van der Waals surface area (Å²) in [5.41, 5.74) is 0.989. The van der Waals surface area contributed by atoms with E-state index in [4.69, 9.17) is 4.42 Å². The normalized spacial score (nSPS) is 25.4. The number of fused-ring (bicyclic) bond motifs is 3. The summed E-state index contributed by atoms with van der Waals surface area (Å²) in [6.07, 6.45) is 2.05. The van der Waals surface area contributed by atoms with Crippen LogP contribution in [0, 0.1) is 0 Å². The third kappa shape index (κ3) is 2.86. The molecular formula is C19H21F3N2O. The summed E-state index contributed by atoms with van der Waals surface area (Å²) in [5.74, 6) is 0.468. The molecule has 134 valence electrons. The topological polar surface area (TPSA) is 29.3 Å². The van der Waals surface area contributed by atoms with E-state index in [1.54, 1.807) is 0 Å². The van der Waals surface area contributed by atoms with Crippen LogP contribution in [0.3, 0.4) is 0 Å². The fraction of sp³-hybridized carbons (Fsp3) is 0.526. The van der Waals surface area contributed by atoms with Gasteiger partial charge in [0.15, 0.2) is 5.58 Å². The van der Waals surface area contributed by atoms with Gasteiger partial charge < -0.3 is 4.42 Å². The van der Waals surface area contributed by atoms with Crippen LogP contribution in [0.25, 0.3) is 16.7 Å². The smallest absolute Gasteiger partial charge is 0.416 e. The minimum absolute atomic E-state index is 0.197. The lowest BCUT2D eigenvalue weighted by molar-refractivity contribution is -0.137. The highest BCUT2D eigenvalue weighted by Crippen LogP contribution is 2.41. The molecule has 0 aliphatic carbocycles. The molecule has 0 spiro atoms. The number of alkyl halides is 3. The number of aromatic nitrogens is 1. The lowest BCUT2D eigenvalue weighted by atomic mass is 9.98. The lowest BCUT2D eigenvalue weighted by Gasteiger charge is -2.37. The number of oxazole rings is 1. The van der Waals surface area contributed by atoms with Gasteiger partial charge in [-0.1, -0.05) is 13.0 Å². The third-order valence-electron chi connectivity index (χ3n) is 5.54. The van der Waals surface area contributed by atoms with Gasteiger partial charge in [-0.2, -0.15) is 13.2 Å². The van der Waals surface area contributed by atoms with E-state index in [0.29, 0.717) is 29.5 Å². The number of hydrogen-bond donors (Lipinski definition) is 0. The molecule has 1 saturated heterocycles. The summed E-state index contributed by atoms with van der Waals surface area (Å²) in [4.78, 5) is 6.99. The van der Waals surface area contributed by atoms with Crippen LogP contribution in [0.5, 0.6) is 0 Å². The van der Waals surface area contributed by atoms with Gasteiger partial charge in [0.1, 0.15) is 5.52 Å². The first kappa shape index (κ1) is 16.6. The van der Waals surface area contributed by atoms with E-state index in [1.165, 1.54) is 6.07 Å². The van der Waals surface area contributed by atoms with Gasteiger partial charge in [-0.25, -0.2) is 4.98 Å². The predicted octanol–water partition coefficient (Wildman–Crippen LogP) is 5.27. The summed E-state index contributed by atoms with van der Waals surface area (Å²) in [5, 5.41) is 0. The van der Waals surface area contributed by atoms with Crippen LogP contribution >= 0.6 is 0 Å². The van der Waals surface area contributed by atoms with E-state index < -0.39 is 11.7 Å². The van der Waals surface area contributed by atoms with Crippen LogP contribution in [-0.2, 0) is 6.18 Å². The summed E-state index contributed by atoms with van der Waals surface area (Å²) in [7, 11) is 0. The van der Waals surface area contributed by atoms with Gasteiger partial charge in [-0.05, 0) is 50.8 Å². The maximum absolute atomic E-state index is 12.9. The summed E-state index contributed by atoms with van der Waals surface area (Å²) in [6, 6.07) is 4.86. The van der Waals surface area contributed by atoms with Crippen molar-refractivity contribution in [3.8, 4) is 0 Å². The maximum Gasteiger partial charge on any atom is 0.416 e. The second-order valence-corrected chi connectivity index (χ2v) is 7.10. The van der Waals surface area contributed by atoms with Crippen molar-refractivity contribution in [1.82, 2.24) is 9.88 Å². The molecule has 3 heterocycles. The van der Waals surface area contributed by atoms with Crippen molar-refractivity contribution in [3.05, 3.63) is 35.7 Å². The van der Waals surface area contributed by atoms with Crippen molar-refractivity contribution >= 4 is 16.7 Å². The molecule has 2 bridgehead atoms. The first-order valence-electron chi connectivity index (χ1n) is 8.83. The van der Waals surface area contributed by atoms with Gasteiger partial charge in [0, 0.05) is 23.7 Å². The highest BCUT2D eigenvalue weighted by molar-refractivity contribution is 5.77. The molecule has 3 nitrogen and oxygen atoms in total. The van der Waals surface area contributed by atoms with Crippen molar-refractivity contribution in [2.45, 2.75) is 63.8 Å². The standard InChI is InChI=1S/C19H21F3N2O/c1-3-11(2)24-14-5-6-15(24)9-12(8-14)18-23-16-7-4-13(19(20,21)22)10-17(16)25-18/h4,7-8,10-11,14-15H,3,5-6,9H2,1-2H3.